The highest BCUT2D eigenvalue weighted by Gasteiger charge is 2.14. The molecule has 20 heavy (non-hydrogen) atoms. The average Bonchev–Trinajstić information content (AvgIpc) is 2.38. The summed E-state index contributed by atoms with van der Waals surface area (Å²) in [6.45, 7) is 2.31. The molecule has 0 bridgehead atoms. The van der Waals surface area contributed by atoms with E-state index in [9.17, 15) is 8.78 Å². The third-order valence-corrected chi connectivity index (χ3v) is 3.09. The third-order valence-electron chi connectivity index (χ3n) is 2.63. The molecule has 2 aromatic rings. The molecular formula is C14H13BrF2N2O. The first-order valence-electron chi connectivity index (χ1n) is 5.93. The van der Waals surface area contributed by atoms with Crippen molar-refractivity contribution in [2.45, 2.75) is 13.5 Å². The van der Waals surface area contributed by atoms with Gasteiger partial charge in [0, 0.05) is 34.5 Å². The summed E-state index contributed by atoms with van der Waals surface area (Å²) in [5.41, 5.74) is 1.49. The van der Waals surface area contributed by atoms with Crippen molar-refractivity contribution in [3.63, 3.8) is 0 Å². The fourth-order valence-corrected chi connectivity index (χ4v) is 2.12. The van der Waals surface area contributed by atoms with Gasteiger partial charge in [-0.1, -0.05) is 15.9 Å². The van der Waals surface area contributed by atoms with E-state index < -0.39 is 11.6 Å². The largest absolute Gasteiger partial charge is 0.454 e. The molecule has 3 nitrogen and oxygen atoms in total. The maximum atomic E-state index is 13.7. The highest BCUT2D eigenvalue weighted by molar-refractivity contribution is 9.10. The van der Waals surface area contributed by atoms with Gasteiger partial charge in [-0.3, -0.25) is 4.98 Å². The van der Waals surface area contributed by atoms with Gasteiger partial charge in [0.15, 0.2) is 11.6 Å². The number of ether oxygens (including phenoxy) is 1. The second-order valence-electron chi connectivity index (χ2n) is 4.27. The Bertz CT molecular complexity index is 635. The monoisotopic (exact) mass is 342 g/mol. The molecule has 0 aliphatic heterocycles. The Balaban J connectivity index is 2.41. The molecule has 0 unspecified atom stereocenters. The van der Waals surface area contributed by atoms with Gasteiger partial charge in [-0.05, 0) is 26.1 Å². The van der Waals surface area contributed by atoms with E-state index in [4.69, 9.17) is 4.74 Å². The van der Waals surface area contributed by atoms with Crippen LogP contribution in [0, 0.1) is 18.6 Å². The minimum atomic E-state index is -1.02. The summed E-state index contributed by atoms with van der Waals surface area (Å²) < 4.78 is 33.0. The minimum absolute atomic E-state index is 0.167. The Morgan fingerprint density at radius 3 is 2.70 bits per heavy atom. The summed E-state index contributed by atoms with van der Waals surface area (Å²) in [7, 11) is 1.78. The van der Waals surface area contributed by atoms with Gasteiger partial charge in [0.05, 0.1) is 0 Å². The molecule has 6 heteroatoms. The van der Waals surface area contributed by atoms with Crippen LogP contribution in [0.25, 0.3) is 0 Å². The number of nitrogens with zero attached hydrogens (tertiary/aromatic N) is 1. The van der Waals surface area contributed by atoms with Crippen molar-refractivity contribution in [1.29, 1.82) is 0 Å². The molecule has 0 radical (unpaired) electrons. The maximum absolute atomic E-state index is 13.7. The molecule has 2 rings (SSSR count). The van der Waals surface area contributed by atoms with Crippen molar-refractivity contribution >= 4 is 15.9 Å². The first-order chi connectivity index (χ1) is 9.51. The maximum Gasteiger partial charge on any atom is 0.201 e. The zero-order valence-corrected chi connectivity index (χ0v) is 12.6. The topological polar surface area (TPSA) is 34.2 Å². The van der Waals surface area contributed by atoms with Crippen molar-refractivity contribution in [1.82, 2.24) is 10.3 Å². The number of aromatic nitrogens is 1. The number of hydrogen-bond acceptors (Lipinski definition) is 3. The minimum Gasteiger partial charge on any atom is -0.454 e. The zero-order chi connectivity index (χ0) is 14.7. The van der Waals surface area contributed by atoms with Crippen LogP contribution in [0.1, 0.15) is 11.3 Å². The van der Waals surface area contributed by atoms with E-state index in [1.807, 2.05) is 0 Å². The van der Waals surface area contributed by atoms with E-state index in [0.717, 1.165) is 17.3 Å². The molecule has 0 saturated heterocycles. The van der Waals surface area contributed by atoms with E-state index in [1.165, 1.54) is 6.07 Å². The molecular weight excluding hydrogens is 330 g/mol. The third kappa shape index (κ3) is 3.32. The van der Waals surface area contributed by atoms with Gasteiger partial charge >= 0.3 is 0 Å². The summed E-state index contributed by atoms with van der Waals surface area (Å²) in [4.78, 5) is 4.16. The number of hydrogen-bond donors (Lipinski definition) is 1. The van der Waals surface area contributed by atoms with Gasteiger partial charge in [-0.15, -0.1) is 0 Å². The number of halogens is 3. The van der Waals surface area contributed by atoms with Crippen LogP contribution < -0.4 is 10.1 Å². The summed E-state index contributed by atoms with van der Waals surface area (Å²) >= 11 is 3.11. The van der Waals surface area contributed by atoms with Crippen molar-refractivity contribution in [3.05, 3.63) is 51.8 Å². The first kappa shape index (κ1) is 14.9. The number of rotatable bonds is 4. The molecule has 0 spiro atoms. The lowest BCUT2D eigenvalue weighted by molar-refractivity contribution is 0.411. The molecule has 1 N–H and O–H groups in total. The smallest absolute Gasteiger partial charge is 0.201 e. The average molecular weight is 343 g/mol. The molecule has 1 heterocycles. The van der Waals surface area contributed by atoms with Crippen molar-refractivity contribution < 1.29 is 13.5 Å². The van der Waals surface area contributed by atoms with Crippen LogP contribution in [0.2, 0.25) is 0 Å². The lowest BCUT2D eigenvalue weighted by atomic mass is 10.2. The van der Waals surface area contributed by atoms with Gasteiger partial charge in [-0.25, -0.2) is 4.39 Å². The second kappa shape index (κ2) is 6.28. The Labute approximate surface area is 124 Å². The molecule has 106 valence electrons. The van der Waals surface area contributed by atoms with Crippen LogP contribution in [-0.4, -0.2) is 12.0 Å². The molecule has 0 atom stereocenters. The number of pyridine rings is 1. The van der Waals surface area contributed by atoms with E-state index in [0.29, 0.717) is 16.8 Å². The number of aryl methyl sites for hydroxylation is 1. The van der Waals surface area contributed by atoms with E-state index >= 15 is 0 Å². The molecule has 1 aromatic carbocycles. The SMILES string of the molecule is CNCc1cnc(C)cc1Oc1cc(Br)cc(F)c1F. The first-order valence-corrected chi connectivity index (χ1v) is 6.73. The second-order valence-corrected chi connectivity index (χ2v) is 5.18. The van der Waals surface area contributed by atoms with Crippen LogP contribution >= 0.6 is 15.9 Å². The standard InChI is InChI=1S/C14H13BrF2N2O/c1-8-3-12(9(6-18-2)7-19-8)20-13-5-10(15)4-11(16)14(13)17/h3-5,7,18H,6H2,1-2H3. The normalized spacial score (nSPS) is 10.7. The Morgan fingerprint density at radius 1 is 1.25 bits per heavy atom. The molecule has 1 aromatic heterocycles. The molecule has 0 saturated carbocycles. The molecule has 0 fully saturated rings. The predicted molar refractivity (Wildman–Crippen MR) is 75.9 cm³/mol. The quantitative estimate of drug-likeness (QED) is 0.854. The van der Waals surface area contributed by atoms with Crippen molar-refractivity contribution in [2.24, 2.45) is 0 Å². The lowest BCUT2D eigenvalue weighted by Gasteiger charge is -2.12. The van der Waals surface area contributed by atoms with Crippen LogP contribution in [0.4, 0.5) is 8.78 Å². The van der Waals surface area contributed by atoms with Gasteiger partial charge in [0.2, 0.25) is 5.82 Å². The van der Waals surface area contributed by atoms with Crippen LogP contribution in [0.5, 0.6) is 11.5 Å². The van der Waals surface area contributed by atoms with E-state index in [2.05, 4.69) is 26.2 Å². The Hall–Kier alpha value is -1.53. The Kier molecular flexibility index (Phi) is 4.67. The molecule has 0 aliphatic carbocycles. The summed E-state index contributed by atoms with van der Waals surface area (Å²) in [5.74, 6) is -1.70. The molecule has 0 aliphatic rings. The van der Waals surface area contributed by atoms with Gasteiger partial charge < -0.3 is 10.1 Å². The lowest BCUT2D eigenvalue weighted by Crippen LogP contribution is -2.07. The predicted octanol–water partition coefficient (Wildman–Crippen LogP) is 3.94. The van der Waals surface area contributed by atoms with Gasteiger partial charge in [-0.2, -0.15) is 4.39 Å². The van der Waals surface area contributed by atoms with E-state index in [-0.39, 0.29) is 5.75 Å². The van der Waals surface area contributed by atoms with Crippen molar-refractivity contribution in [3.8, 4) is 11.5 Å². The highest BCUT2D eigenvalue weighted by atomic mass is 79.9. The van der Waals surface area contributed by atoms with Gasteiger partial charge in [0.25, 0.3) is 0 Å². The summed E-state index contributed by atoms with van der Waals surface area (Å²) in [5, 5.41) is 2.97. The van der Waals surface area contributed by atoms with Crippen LogP contribution in [-0.2, 0) is 6.54 Å². The van der Waals surface area contributed by atoms with Gasteiger partial charge in [0.1, 0.15) is 5.75 Å². The fraction of sp³-hybridized carbons (Fsp3) is 0.214. The fourth-order valence-electron chi connectivity index (χ4n) is 1.71. The van der Waals surface area contributed by atoms with Crippen LogP contribution in [0.15, 0.2) is 28.9 Å². The molecule has 0 amide bonds. The Morgan fingerprint density at radius 2 is 2.00 bits per heavy atom. The zero-order valence-electron chi connectivity index (χ0n) is 11.0. The van der Waals surface area contributed by atoms with Crippen molar-refractivity contribution in [2.75, 3.05) is 7.05 Å². The van der Waals surface area contributed by atoms with Crippen LogP contribution in [0.3, 0.4) is 0 Å². The highest BCUT2D eigenvalue weighted by Crippen LogP contribution is 2.31. The number of benzene rings is 1. The number of nitrogens with one attached hydrogen (secondary N) is 1. The summed E-state index contributed by atoms with van der Waals surface area (Å²) in [6, 6.07) is 4.12. The summed E-state index contributed by atoms with van der Waals surface area (Å²) in [6.07, 6.45) is 1.65. The van der Waals surface area contributed by atoms with E-state index in [1.54, 1.807) is 26.2 Å².